The number of anilines is 1. The first-order chi connectivity index (χ1) is 12.7. The predicted molar refractivity (Wildman–Crippen MR) is 107 cm³/mol. The highest BCUT2D eigenvalue weighted by molar-refractivity contribution is 8.00. The van der Waals surface area contributed by atoms with Crippen molar-refractivity contribution in [2.45, 2.75) is 23.8 Å². The van der Waals surface area contributed by atoms with E-state index in [2.05, 4.69) is 16.4 Å². The Bertz CT molecular complexity index is 1040. The maximum absolute atomic E-state index is 12.7. The van der Waals surface area contributed by atoms with Gasteiger partial charge in [0, 0.05) is 5.69 Å². The van der Waals surface area contributed by atoms with Crippen LogP contribution in [0.15, 0.2) is 76.4 Å². The molecule has 1 amide bonds. The molecule has 0 aliphatic heterocycles. The van der Waals surface area contributed by atoms with Gasteiger partial charge in [-0.05, 0) is 41.5 Å². The van der Waals surface area contributed by atoms with Gasteiger partial charge < -0.3 is 9.73 Å². The van der Waals surface area contributed by atoms with Crippen LogP contribution in [-0.2, 0) is 4.79 Å². The van der Waals surface area contributed by atoms with Crippen LogP contribution in [0.3, 0.4) is 0 Å². The Morgan fingerprint density at radius 1 is 1.08 bits per heavy atom. The van der Waals surface area contributed by atoms with Gasteiger partial charge in [0.1, 0.15) is 5.52 Å². The number of oxazole rings is 1. The quantitative estimate of drug-likeness (QED) is 0.477. The molecule has 0 aliphatic carbocycles. The highest BCUT2D eigenvalue weighted by Gasteiger charge is 2.21. The highest BCUT2D eigenvalue weighted by atomic mass is 32.2. The van der Waals surface area contributed by atoms with Gasteiger partial charge in [0.05, 0.1) is 5.25 Å². The van der Waals surface area contributed by atoms with Crippen molar-refractivity contribution in [3.8, 4) is 0 Å². The van der Waals surface area contributed by atoms with E-state index < -0.39 is 0 Å². The van der Waals surface area contributed by atoms with Crippen LogP contribution < -0.4 is 5.32 Å². The fraction of sp³-hybridized carbons (Fsp3) is 0.143. The number of fused-ring (bicyclic) bond motifs is 2. The Balaban J connectivity index is 1.50. The molecule has 1 heterocycles. The lowest BCUT2D eigenvalue weighted by molar-refractivity contribution is -0.115. The standard InChI is InChI=1S/C21H18N2O2S/c1-2-19(26-21-23-17-9-5-6-10-18(17)25-21)20(24)22-16-12-11-14-7-3-4-8-15(14)13-16/h3-13,19H,2H2,1H3,(H,22,24)/t19-/m1/s1. The summed E-state index contributed by atoms with van der Waals surface area (Å²) in [6.45, 7) is 1.99. The lowest BCUT2D eigenvalue weighted by atomic mass is 10.1. The van der Waals surface area contributed by atoms with Gasteiger partial charge >= 0.3 is 0 Å². The van der Waals surface area contributed by atoms with Crippen molar-refractivity contribution in [3.63, 3.8) is 0 Å². The minimum atomic E-state index is -0.269. The first-order valence-corrected chi connectivity index (χ1v) is 9.43. The van der Waals surface area contributed by atoms with E-state index in [0.29, 0.717) is 11.6 Å². The average molecular weight is 362 g/mol. The van der Waals surface area contributed by atoms with Crippen molar-refractivity contribution in [2.24, 2.45) is 0 Å². The molecule has 0 bridgehead atoms. The molecule has 4 nitrogen and oxygen atoms in total. The Labute approximate surface area is 155 Å². The summed E-state index contributed by atoms with van der Waals surface area (Å²) in [4.78, 5) is 17.1. The number of nitrogens with one attached hydrogen (secondary N) is 1. The molecule has 0 radical (unpaired) electrons. The second-order valence-corrected chi connectivity index (χ2v) is 7.17. The predicted octanol–water partition coefficient (Wildman–Crippen LogP) is 5.49. The van der Waals surface area contributed by atoms with Crippen molar-refractivity contribution >= 4 is 45.2 Å². The molecule has 0 fully saturated rings. The lowest BCUT2D eigenvalue weighted by Crippen LogP contribution is -2.24. The van der Waals surface area contributed by atoms with Crippen LogP contribution in [0.1, 0.15) is 13.3 Å². The van der Waals surface area contributed by atoms with Crippen LogP contribution in [-0.4, -0.2) is 16.1 Å². The van der Waals surface area contributed by atoms with E-state index in [9.17, 15) is 4.79 Å². The Kier molecular flexibility index (Phi) is 4.63. The van der Waals surface area contributed by atoms with Gasteiger partial charge in [0.2, 0.25) is 5.91 Å². The van der Waals surface area contributed by atoms with E-state index in [0.717, 1.165) is 27.6 Å². The summed E-state index contributed by atoms with van der Waals surface area (Å²) in [7, 11) is 0. The van der Waals surface area contributed by atoms with Crippen LogP contribution in [0.25, 0.3) is 21.9 Å². The highest BCUT2D eigenvalue weighted by Crippen LogP contribution is 2.29. The summed E-state index contributed by atoms with van der Waals surface area (Å²) in [5.74, 6) is -0.0463. The number of benzene rings is 3. The van der Waals surface area contributed by atoms with Gasteiger partial charge in [-0.3, -0.25) is 4.79 Å². The van der Waals surface area contributed by atoms with E-state index in [4.69, 9.17) is 4.42 Å². The smallest absolute Gasteiger partial charge is 0.257 e. The van der Waals surface area contributed by atoms with Gasteiger partial charge in [0.25, 0.3) is 5.22 Å². The molecule has 0 unspecified atom stereocenters. The summed E-state index contributed by atoms with van der Waals surface area (Å²) < 4.78 is 5.73. The second kappa shape index (κ2) is 7.22. The van der Waals surface area contributed by atoms with Crippen LogP contribution in [0.4, 0.5) is 5.69 Å². The van der Waals surface area contributed by atoms with Crippen molar-refractivity contribution in [1.29, 1.82) is 0 Å². The fourth-order valence-electron chi connectivity index (χ4n) is 2.84. The van der Waals surface area contributed by atoms with E-state index in [1.165, 1.54) is 11.8 Å². The number of carbonyl (C=O) groups excluding carboxylic acids is 1. The molecule has 0 saturated carbocycles. The van der Waals surface area contributed by atoms with Gasteiger partial charge in [-0.2, -0.15) is 0 Å². The molecule has 1 N–H and O–H groups in total. The van der Waals surface area contributed by atoms with E-state index >= 15 is 0 Å². The molecule has 4 rings (SSSR count). The average Bonchev–Trinajstić information content (AvgIpc) is 3.08. The number of para-hydroxylation sites is 2. The molecular formula is C21H18N2O2S. The van der Waals surface area contributed by atoms with Crippen LogP contribution in [0.2, 0.25) is 0 Å². The molecule has 4 aromatic rings. The Morgan fingerprint density at radius 2 is 1.85 bits per heavy atom. The lowest BCUT2D eigenvalue weighted by Gasteiger charge is -2.13. The Hall–Kier alpha value is -2.79. The van der Waals surface area contributed by atoms with Crippen LogP contribution >= 0.6 is 11.8 Å². The monoisotopic (exact) mass is 362 g/mol. The fourth-order valence-corrected chi connectivity index (χ4v) is 3.70. The normalized spacial score (nSPS) is 12.3. The summed E-state index contributed by atoms with van der Waals surface area (Å²) >= 11 is 1.36. The zero-order chi connectivity index (χ0) is 17.9. The summed E-state index contributed by atoms with van der Waals surface area (Å²) in [5.41, 5.74) is 2.34. The van der Waals surface area contributed by atoms with Gasteiger partial charge in [-0.15, -0.1) is 0 Å². The zero-order valence-electron chi connectivity index (χ0n) is 14.3. The SMILES string of the molecule is CC[C@@H](Sc1nc2ccccc2o1)C(=O)Nc1ccc2ccccc2c1. The van der Waals surface area contributed by atoms with E-state index in [-0.39, 0.29) is 11.2 Å². The zero-order valence-corrected chi connectivity index (χ0v) is 15.1. The second-order valence-electron chi connectivity index (χ2n) is 6.01. The summed E-state index contributed by atoms with van der Waals surface area (Å²) in [6, 6.07) is 21.6. The molecule has 1 aromatic heterocycles. The van der Waals surface area contributed by atoms with Crippen LogP contribution in [0, 0.1) is 0 Å². The minimum Gasteiger partial charge on any atom is -0.431 e. The van der Waals surface area contributed by atoms with Crippen LogP contribution in [0.5, 0.6) is 0 Å². The number of hydrogen-bond acceptors (Lipinski definition) is 4. The van der Waals surface area contributed by atoms with Gasteiger partial charge in [-0.25, -0.2) is 4.98 Å². The van der Waals surface area contributed by atoms with Crippen molar-refractivity contribution in [3.05, 3.63) is 66.7 Å². The van der Waals surface area contributed by atoms with Gasteiger partial charge in [-0.1, -0.05) is 61.2 Å². The largest absolute Gasteiger partial charge is 0.431 e. The minimum absolute atomic E-state index is 0.0463. The Morgan fingerprint density at radius 3 is 2.65 bits per heavy atom. The molecule has 1 atom stereocenters. The molecular weight excluding hydrogens is 344 g/mol. The number of nitrogens with zero attached hydrogens (tertiary/aromatic N) is 1. The van der Waals surface area contributed by atoms with E-state index in [1.807, 2.05) is 67.6 Å². The van der Waals surface area contributed by atoms with Crippen molar-refractivity contribution in [1.82, 2.24) is 4.98 Å². The third-order valence-electron chi connectivity index (χ3n) is 4.20. The topological polar surface area (TPSA) is 55.1 Å². The molecule has 3 aromatic carbocycles. The number of aromatic nitrogens is 1. The number of amides is 1. The summed E-state index contributed by atoms with van der Waals surface area (Å²) in [5, 5.41) is 5.51. The molecule has 5 heteroatoms. The number of hydrogen-bond donors (Lipinski definition) is 1. The molecule has 0 saturated heterocycles. The van der Waals surface area contributed by atoms with E-state index in [1.54, 1.807) is 0 Å². The number of rotatable bonds is 5. The number of thioether (sulfide) groups is 1. The third kappa shape index (κ3) is 3.44. The van der Waals surface area contributed by atoms with Crippen molar-refractivity contribution < 1.29 is 9.21 Å². The first kappa shape index (κ1) is 16.7. The van der Waals surface area contributed by atoms with Gasteiger partial charge in [0.15, 0.2) is 5.58 Å². The molecule has 26 heavy (non-hydrogen) atoms. The summed E-state index contributed by atoms with van der Waals surface area (Å²) in [6.07, 6.45) is 0.683. The maximum Gasteiger partial charge on any atom is 0.257 e. The maximum atomic E-state index is 12.7. The molecule has 0 aliphatic rings. The molecule has 0 spiro atoms. The molecule has 130 valence electrons. The third-order valence-corrected chi connectivity index (χ3v) is 5.41. The van der Waals surface area contributed by atoms with Crippen molar-refractivity contribution in [2.75, 3.05) is 5.32 Å². The number of carbonyl (C=O) groups is 1. The first-order valence-electron chi connectivity index (χ1n) is 8.55.